The van der Waals surface area contributed by atoms with E-state index < -0.39 is 5.79 Å². The van der Waals surface area contributed by atoms with E-state index >= 15 is 0 Å². The zero-order valence-electron chi connectivity index (χ0n) is 33.2. The van der Waals surface area contributed by atoms with Crippen molar-refractivity contribution in [2.75, 3.05) is 32.9 Å². The summed E-state index contributed by atoms with van der Waals surface area (Å²) in [7, 11) is 0. The summed E-state index contributed by atoms with van der Waals surface area (Å²) in [6.07, 6.45) is 14.7. The number of benzene rings is 1. The molecule has 8 rings (SSSR count). The number of allylic oxidation sites excluding steroid dienone is 2. The standard InChI is InChI=1S/C45H69NO4/c1-39(2)26-34-33-14-15-36-42(6)18-17-37-43(7,30-49-40(3,4)50-37)35(42)16-19-45(36,9)44(33,8)21-20-41(34,5)38(27-39)48-29-32-12-10-31(11-13-32)28-46-22-24-47-25-23-46/h10-14,34-38H,15-30H2,1-9H3/t34-,35?,36?,37-,38+,41+,42-,43+,44+,45+/m0/s1. The maximum atomic E-state index is 7.10. The SMILES string of the molecule is CC1(C)C[C@@H](OCc2ccc(CN3CCOCC3)cc2)[C@]2(C)CC[C@]3(C)C(=CCC4[C@@]5(C)CC[C@@H]6OC(C)(C)OC[C@]6(C)C5CC[C@]43C)[C@@H]2C1. The maximum absolute atomic E-state index is 7.10. The smallest absolute Gasteiger partial charge is 0.163 e. The van der Waals surface area contributed by atoms with Crippen LogP contribution in [-0.4, -0.2) is 55.8 Å². The predicted molar refractivity (Wildman–Crippen MR) is 200 cm³/mol. The number of morpholine rings is 1. The van der Waals surface area contributed by atoms with Crippen molar-refractivity contribution in [3.63, 3.8) is 0 Å². The van der Waals surface area contributed by atoms with Crippen molar-refractivity contribution in [2.45, 2.75) is 151 Å². The van der Waals surface area contributed by atoms with Crippen LogP contribution in [0.3, 0.4) is 0 Å². The highest BCUT2D eigenvalue weighted by molar-refractivity contribution is 5.34. The third-order valence-electron chi connectivity index (χ3n) is 17.0. The molecule has 0 N–H and O–H groups in total. The van der Waals surface area contributed by atoms with Gasteiger partial charge >= 0.3 is 0 Å². The molecule has 10 atom stereocenters. The van der Waals surface area contributed by atoms with E-state index in [4.69, 9.17) is 18.9 Å². The van der Waals surface area contributed by atoms with Crippen LogP contribution in [0.1, 0.15) is 131 Å². The molecule has 50 heavy (non-hydrogen) atoms. The van der Waals surface area contributed by atoms with E-state index in [1.807, 2.05) is 5.57 Å². The van der Waals surface area contributed by atoms with Gasteiger partial charge in [0.05, 0.1) is 38.6 Å². The first-order valence-electron chi connectivity index (χ1n) is 20.5. The van der Waals surface area contributed by atoms with E-state index in [1.54, 1.807) is 0 Å². The first-order valence-corrected chi connectivity index (χ1v) is 20.5. The molecule has 0 spiro atoms. The molecule has 2 unspecified atom stereocenters. The maximum Gasteiger partial charge on any atom is 0.163 e. The lowest BCUT2D eigenvalue weighted by Gasteiger charge is -2.72. The highest BCUT2D eigenvalue weighted by Gasteiger charge is 2.70. The largest absolute Gasteiger partial charge is 0.379 e. The van der Waals surface area contributed by atoms with Crippen LogP contribution in [0.4, 0.5) is 0 Å². The Labute approximate surface area is 304 Å². The zero-order chi connectivity index (χ0) is 35.4. The molecule has 0 bridgehead atoms. The monoisotopic (exact) mass is 688 g/mol. The van der Waals surface area contributed by atoms with E-state index in [0.29, 0.717) is 41.3 Å². The third kappa shape index (κ3) is 5.56. The topological polar surface area (TPSA) is 40.2 Å². The minimum absolute atomic E-state index is 0.0981. The molecule has 4 saturated carbocycles. The van der Waals surface area contributed by atoms with Crippen LogP contribution in [0.25, 0.3) is 0 Å². The summed E-state index contributed by atoms with van der Waals surface area (Å²) < 4.78 is 25.7. The normalized spacial score (nSPS) is 46.7. The second-order valence-corrected chi connectivity index (χ2v) is 20.8. The first-order chi connectivity index (χ1) is 23.5. The van der Waals surface area contributed by atoms with Gasteiger partial charge < -0.3 is 18.9 Å². The van der Waals surface area contributed by atoms with Crippen LogP contribution in [0.5, 0.6) is 0 Å². The summed E-state index contributed by atoms with van der Waals surface area (Å²) in [5.74, 6) is 1.48. The molecular weight excluding hydrogens is 618 g/mol. The summed E-state index contributed by atoms with van der Waals surface area (Å²) in [4.78, 5) is 2.50. The van der Waals surface area contributed by atoms with Crippen LogP contribution < -0.4 is 0 Å². The van der Waals surface area contributed by atoms with Crippen LogP contribution >= 0.6 is 0 Å². The van der Waals surface area contributed by atoms with Gasteiger partial charge in [0.25, 0.3) is 0 Å². The van der Waals surface area contributed by atoms with Crippen molar-refractivity contribution in [3.05, 3.63) is 47.0 Å². The molecule has 6 fully saturated rings. The number of rotatable bonds is 5. The fourth-order valence-electron chi connectivity index (χ4n) is 13.7. The van der Waals surface area contributed by atoms with Crippen molar-refractivity contribution >= 4 is 0 Å². The lowest BCUT2D eigenvalue weighted by atomic mass is 9.33. The number of hydrogen-bond acceptors (Lipinski definition) is 5. The molecule has 2 saturated heterocycles. The van der Waals surface area contributed by atoms with Gasteiger partial charge in [-0.25, -0.2) is 0 Å². The fourth-order valence-corrected chi connectivity index (χ4v) is 13.7. The lowest BCUT2D eigenvalue weighted by Crippen LogP contribution is -2.68. The van der Waals surface area contributed by atoms with Crippen LogP contribution in [0.2, 0.25) is 0 Å². The van der Waals surface area contributed by atoms with E-state index in [0.717, 1.165) is 45.9 Å². The first kappa shape index (κ1) is 35.8. The molecular formula is C45H69NO4. The van der Waals surface area contributed by atoms with Gasteiger partial charge in [0.1, 0.15) is 0 Å². The number of fused-ring (bicyclic) bond motifs is 9. The Kier molecular flexibility index (Phi) is 8.68. The number of ether oxygens (including phenoxy) is 4. The molecule has 0 amide bonds. The van der Waals surface area contributed by atoms with Crippen LogP contribution in [-0.2, 0) is 32.1 Å². The van der Waals surface area contributed by atoms with Gasteiger partial charge in [0.15, 0.2) is 5.79 Å². The van der Waals surface area contributed by atoms with Crippen molar-refractivity contribution < 1.29 is 18.9 Å². The number of nitrogens with zero attached hydrogens (tertiary/aromatic N) is 1. The van der Waals surface area contributed by atoms with Crippen molar-refractivity contribution in [1.82, 2.24) is 4.90 Å². The molecule has 278 valence electrons. The third-order valence-corrected chi connectivity index (χ3v) is 17.0. The van der Waals surface area contributed by atoms with Gasteiger partial charge in [-0.3, -0.25) is 4.90 Å². The van der Waals surface area contributed by atoms with Crippen LogP contribution in [0, 0.1) is 50.2 Å². The van der Waals surface area contributed by atoms with Crippen molar-refractivity contribution in [2.24, 2.45) is 50.2 Å². The Balaban J connectivity index is 1.02. The molecule has 1 aromatic carbocycles. The zero-order valence-corrected chi connectivity index (χ0v) is 33.2. The number of hydrogen-bond donors (Lipinski definition) is 0. The van der Waals surface area contributed by atoms with Crippen molar-refractivity contribution in [3.8, 4) is 0 Å². The molecule has 0 aromatic heterocycles. The Morgan fingerprint density at radius 1 is 0.760 bits per heavy atom. The summed E-state index contributed by atoms with van der Waals surface area (Å²) in [6.45, 7) is 28.8. The summed E-state index contributed by atoms with van der Waals surface area (Å²) in [6, 6.07) is 9.25. The summed E-state index contributed by atoms with van der Waals surface area (Å²) >= 11 is 0. The lowest BCUT2D eigenvalue weighted by molar-refractivity contribution is -0.351. The molecule has 5 nitrogen and oxygen atoms in total. The molecule has 2 heterocycles. The van der Waals surface area contributed by atoms with Gasteiger partial charge in [0.2, 0.25) is 0 Å². The predicted octanol–water partition coefficient (Wildman–Crippen LogP) is 9.97. The highest BCUT2D eigenvalue weighted by atomic mass is 16.7. The van der Waals surface area contributed by atoms with E-state index in [2.05, 4.69) is 97.6 Å². The average molecular weight is 688 g/mol. The Morgan fingerprint density at radius 2 is 1.48 bits per heavy atom. The molecule has 2 aliphatic heterocycles. The average Bonchev–Trinajstić information content (AvgIpc) is 3.06. The molecule has 7 aliphatic rings. The van der Waals surface area contributed by atoms with E-state index in [-0.39, 0.29) is 27.8 Å². The van der Waals surface area contributed by atoms with Gasteiger partial charge in [-0.1, -0.05) is 84.4 Å². The van der Waals surface area contributed by atoms with Gasteiger partial charge in [0, 0.05) is 30.5 Å². The highest BCUT2D eigenvalue weighted by Crippen LogP contribution is 2.76. The van der Waals surface area contributed by atoms with E-state index in [9.17, 15) is 0 Å². The van der Waals surface area contributed by atoms with Gasteiger partial charge in [-0.2, -0.15) is 0 Å². The summed E-state index contributed by atoms with van der Waals surface area (Å²) in [5.41, 5.74) is 5.90. The Morgan fingerprint density at radius 3 is 2.22 bits per heavy atom. The fraction of sp³-hybridized carbons (Fsp3) is 0.822. The van der Waals surface area contributed by atoms with Gasteiger partial charge in [-0.05, 0) is 122 Å². The molecule has 5 aliphatic carbocycles. The Hall–Kier alpha value is -1.24. The van der Waals surface area contributed by atoms with Gasteiger partial charge in [-0.15, -0.1) is 0 Å². The summed E-state index contributed by atoms with van der Waals surface area (Å²) in [5, 5.41) is 0. The second-order valence-electron chi connectivity index (χ2n) is 20.8. The second kappa shape index (κ2) is 12.1. The van der Waals surface area contributed by atoms with E-state index in [1.165, 1.54) is 62.5 Å². The quantitative estimate of drug-likeness (QED) is 0.288. The Bertz CT molecular complexity index is 1460. The molecule has 1 aromatic rings. The van der Waals surface area contributed by atoms with Crippen molar-refractivity contribution in [1.29, 1.82) is 0 Å². The van der Waals surface area contributed by atoms with Crippen LogP contribution in [0.15, 0.2) is 35.9 Å². The minimum atomic E-state index is -0.463. The minimum Gasteiger partial charge on any atom is -0.379 e. The molecule has 5 heteroatoms. The molecule has 0 radical (unpaired) electrons.